The standard InChI is InChI=1S/C18H10N2O5S/c21-10-19-16-15(12-6-2-1-3-7-12)13-8-4-5-9-14(13)18(26(23,24)25)17(16)20-11-22/h1-9H,(H,23,24,25). The molecule has 7 nitrogen and oxygen atoms in total. The van der Waals surface area contributed by atoms with Crippen LogP contribution in [0.3, 0.4) is 0 Å². The molecule has 0 saturated heterocycles. The van der Waals surface area contributed by atoms with Gasteiger partial charge in [-0.2, -0.15) is 18.4 Å². The van der Waals surface area contributed by atoms with E-state index in [2.05, 4.69) is 9.98 Å². The molecule has 8 heteroatoms. The molecule has 0 aliphatic rings. The molecule has 0 fully saturated rings. The molecule has 0 saturated carbocycles. The molecule has 3 aromatic rings. The highest BCUT2D eigenvalue weighted by Crippen LogP contribution is 2.48. The molecule has 0 aliphatic carbocycles. The van der Waals surface area contributed by atoms with Crippen molar-refractivity contribution in [3.05, 3.63) is 54.6 Å². The zero-order valence-electron chi connectivity index (χ0n) is 13.1. The molecule has 1 N–H and O–H groups in total. The van der Waals surface area contributed by atoms with E-state index in [1.807, 2.05) is 0 Å². The molecule has 0 radical (unpaired) electrons. The topological polar surface area (TPSA) is 113 Å². The summed E-state index contributed by atoms with van der Waals surface area (Å²) in [4.78, 5) is 28.2. The van der Waals surface area contributed by atoms with Gasteiger partial charge in [-0.05, 0) is 10.9 Å². The predicted molar refractivity (Wildman–Crippen MR) is 94.8 cm³/mol. The Balaban J connectivity index is 2.70. The zero-order valence-corrected chi connectivity index (χ0v) is 13.9. The minimum Gasteiger partial charge on any atom is -0.282 e. The number of rotatable bonds is 4. The monoisotopic (exact) mass is 366 g/mol. The Bertz CT molecular complexity index is 1210. The zero-order chi connectivity index (χ0) is 18.7. The van der Waals surface area contributed by atoms with Crippen LogP contribution in [0.25, 0.3) is 21.9 Å². The molecule has 128 valence electrons. The van der Waals surface area contributed by atoms with Crippen LogP contribution in [0.4, 0.5) is 11.4 Å². The first-order valence-electron chi connectivity index (χ1n) is 7.26. The summed E-state index contributed by atoms with van der Waals surface area (Å²) in [7, 11) is -4.78. The van der Waals surface area contributed by atoms with E-state index in [9.17, 15) is 22.6 Å². The highest BCUT2D eigenvalue weighted by atomic mass is 32.2. The molecular weight excluding hydrogens is 356 g/mol. The van der Waals surface area contributed by atoms with Crippen LogP contribution in [-0.2, 0) is 19.7 Å². The van der Waals surface area contributed by atoms with Crippen LogP contribution < -0.4 is 0 Å². The Morgan fingerprint density at radius 2 is 1.31 bits per heavy atom. The molecule has 0 unspecified atom stereocenters. The van der Waals surface area contributed by atoms with Gasteiger partial charge in [0.05, 0.1) is 0 Å². The molecule has 0 aromatic heterocycles. The van der Waals surface area contributed by atoms with Gasteiger partial charge in [0, 0.05) is 10.9 Å². The number of fused-ring (bicyclic) bond motifs is 1. The fraction of sp³-hybridized carbons (Fsp3) is 0. The van der Waals surface area contributed by atoms with Crippen LogP contribution in [0.5, 0.6) is 0 Å². The summed E-state index contributed by atoms with van der Waals surface area (Å²) in [5.74, 6) is 0. The molecule has 0 atom stereocenters. The summed E-state index contributed by atoms with van der Waals surface area (Å²) in [6.07, 6.45) is 2.59. The van der Waals surface area contributed by atoms with E-state index in [1.165, 1.54) is 18.2 Å². The van der Waals surface area contributed by atoms with E-state index in [4.69, 9.17) is 0 Å². The SMILES string of the molecule is O=C=Nc1c(N=C=O)c(S(=O)(=O)O)c2ccccc2c1-c1ccccc1. The van der Waals surface area contributed by atoms with Crippen molar-refractivity contribution in [2.45, 2.75) is 4.90 Å². The van der Waals surface area contributed by atoms with Crippen molar-refractivity contribution in [2.24, 2.45) is 9.98 Å². The molecular formula is C18H10N2O5S. The number of hydrogen-bond acceptors (Lipinski definition) is 6. The third-order valence-corrected chi connectivity index (χ3v) is 4.68. The van der Waals surface area contributed by atoms with Gasteiger partial charge >= 0.3 is 0 Å². The van der Waals surface area contributed by atoms with Gasteiger partial charge in [-0.25, -0.2) is 9.59 Å². The van der Waals surface area contributed by atoms with E-state index < -0.39 is 20.7 Å². The van der Waals surface area contributed by atoms with Crippen molar-refractivity contribution in [3.8, 4) is 11.1 Å². The average Bonchev–Trinajstić information content (AvgIpc) is 2.62. The largest absolute Gasteiger partial charge is 0.297 e. The third kappa shape index (κ3) is 2.97. The van der Waals surface area contributed by atoms with E-state index in [1.54, 1.807) is 48.5 Å². The van der Waals surface area contributed by atoms with E-state index >= 15 is 0 Å². The first kappa shape index (κ1) is 17.4. The lowest BCUT2D eigenvalue weighted by Crippen LogP contribution is -2.01. The summed E-state index contributed by atoms with van der Waals surface area (Å²) in [6.45, 7) is 0. The Hall–Kier alpha value is -3.41. The van der Waals surface area contributed by atoms with Crippen LogP contribution >= 0.6 is 0 Å². The van der Waals surface area contributed by atoms with Gasteiger partial charge < -0.3 is 0 Å². The van der Waals surface area contributed by atoms with Gasteiger partial charge in [0.25, 0.3) is 10.1 Å². The summed E-state index contributed by atoms with van der Waals surface area (Å²) in [5, 5.41) is 0.540. The molecule has 0 heterocycles. The van der Waals surface area contributed by atoms with Gasteiger partial charge in [0.1, 0.15) is 16.3 Å². The van der Waals surface area contributed by atoms with Crippen LogP contribution in [0.1, 0.15) is 0 Å². The Morgan fingerprint density at radius 3 is 1.88 bits per heavy atom. The average molecular weight is 366 g/mol. The second kappa shape index (κ2) is 6.84. The number of nitrogens with zero attached hydrogens (tertiary/aromatic N) is 2. The maximum Gasteiger partial charge on any atom is 0.297 e. The molecule has 3 rings (SSSR count). The Kier molecular flexibility index (Phi) is 4.58. The quantitative estimate of drug-likeness (QED) is 0.430. The van der Waals surface area contributed by atoms with Gasteiger partial charge in [-0.15, -0.1) is 0 Å². The third-order valence-electron chi connectivity index (χ3n) is 3.75. The Morgan fingerprint density at radius 1 is 0.769 bits per heavy atom. The fourth-order valence-corrected chi connectivity index (χ4v) is 3.68. The lowest BCUT2D eigenvalue weighted by atomic mass is 9.95. The predicted octanol–water partition coefficient (Wildman–Crippen LogP) is 3.69. The van der Waals surface area contributed by atoms with Crippen molar-refractivity contribution < 1.29 is 22.6 Å². The van der Waals surface area contributed by atoms with Crippen molar-refractivity contribution in [3.63, 3.8) is 0 Å². The second-order valence-corrected chi connectivity index (χ2v) is 6.55. The van der Waals surface area contributed by atoms with Gasteiger partial charge in [0.2, 0.25) is 12.2 Å². The summed E-state index contributed by atoms with van der Waals surface area (Å²) >= 11 is 0. The second-order valence-electron chi connectivity index (χ2n) is 5.19. The number of carbonyl (C=O) groups excluding carboxylic acids is 2. The lowest BCUT2D eigenvalue weighted by molar-refractivity contribution is 0.484. The molecule has 26 heavy (non-hydrogen) atoms. The highest BCUT2D eigenvalue weighted by Gasteiger charge is 2.27. The van der Waals surface area contributed by atoms with Crippen LogP contribution in [0, 0.1) is 0 Å². The molecule has 0 aliphatic heterocycles. The highest BCUT2D eigenvalue weighted by molar-refractivity contribution is 7.86. The smallest absolute Gasteiger partial charge is 0.282 e. The van der Waals surface area contributed by atoms with Crippen molar-refractivity contribution >= 4 is 44.4 Å². The summed E-state index contributed by atoms with van der Waals surface area (Å²) in [5.41, 5.74) is 0.331. The first-order chi connectivity index (χ1) is 12.5. The molecule has 3 aromatic carbocycles. The minimum atomic E-state index is -4.78. The maximum atomic E-state index is 12.0. The van der Waals surface area contributed by atoms with E-state index in [-0.39, 0.29) is 11.1 Å². The van der Waals surface area contributed by atoms with Gasteiger partial charge in [-0.1, -0.05) is 54.6 Å². The fourth-order valence-electron chi connectivity index (χ4n) is 2.84. The normalized spacial score (nSPS) is 10.8. The number of isocyanates is 2. The minimum absolute atomic E-state index is 0.132. The maximum absolute atomic E-state index is 12.0. The van der Waals surface area contributed by atoms with E-state index in [0.29, 0.717) is 16.5 Å². The van der Waals surface area contributed by atoms with Crippen molar-refractivity contribution in [2.75, 3.05) is 0 Å². The molecule has 0 spiro atoms. The lowest BCUT2D eigenvalue weighted by Gasteiger charge is -2.15. The van der Waals surface area contributed by atoms with Crippen LogP contribution in [-0.4, -0.2) is 25.1 Å². The van der Waals surface area contributed by atoms with Gasteiger partial charge in [0.15, 0.2) is 0 Å². The number of hydrogen-bond donors (Lipinski definition) is 1. The number of benzene rings is 3. The van der Waals surface area contributed by atoms with Crippen molar-refractivity contribution in [1.82, 2.24) is 0 Å². The van der Waals surface area contributed by atoms with Crippen molar-refractivity contribution in [1.29, 1.82) is 0 Å². The molecule has 0 amide bonds. The summed E-state index contributed by atoms with van der Waals surface area (Å²) < 4.78 is 33.6. The van der Waals surface area contributed by atoms with Crippen LogP contribution in [0.15, 0.2) is 69.5 Å². The van der Waals surface area contributed by atoms with E-state index in [0.717, 1.165) is 0 Å². The molecule has 0 bridgehead atoms. The number of aliphatic imine (C=N–C) groups is 2. The first-order valence-corrected chi connectivity index (χ1v) is 8.70. The van der Waals surface area contributed by atoms with Crippen LogP contribution in [0.2, 0.25) is 0 Å². The van der Waals surface area contributed by atoms with Gasteiger partial charge in [-0.3, -0.25) is 4.55 Å². The summed E-state index contributed by atoms with van der Waals surface area (Å²) in [6, 6.07) is 15.1. The Labute approximate surface area is 148 Å².